The molecule has 0 aliphatic rings. The number of carbonyl (C=O) groups is 1. The van der Waals surface area contributed by atoms with Gasteiger partial charge in [-0.15, -0.1) is 0 Å². The molecule has 0 atom stereocenters. The molecule has 1 aromatic rings. The van der Waals surface area contributed by atoms with Crippen LogP contribution in [0.3, 0.4) is 0 Å². The van der Waals surface area contributed by atoms with E-state index >= 15 is 0 Å². The molecule has 0 saturated carbocycles. The SMILES string of the molecule is CC(C)CNC(=O)CCS(=O)(=O)c1cccc(Br)c1. The van der Waals surface area contributed by atoms with Crippen LogP contribution < -0.4 is 5.32 Å². The van der Waals surface area contributed by atoms with Crippen molar-refractivity contribution in [1.82, 2.24) is 5.32 Å². The van der Waals surface area contributed by atoms with Crippen molar-refractivity contribution in [3.8, 4) is 0 Å². The summed E-state index contributed by atoms with van der Waals surface area (Å²) in [6.07, 6.45) is -0.0123. The standard InChI is InChI=1S/C13H18BrNO3S/c1-10(2)9-15-13(16)6-7-19(17,18)12-5-3-4-11(14)8-12/h3-5,8,10H,6-7,9H2,1-2H3,(H,15,16). The molecule has 6 heteroatoms. The maximum atomic E-state index is 12.0. The lowest BCUT2D eigenvalue weighted by Gasteiger charge is -2.08. The summed E-state index contributed by atoms with van der Waals surface area (Å²) >= 11 is 3.23. The lowest BCUT2D eigenvalue weighted by molar-refractivity contribution is -0.120. The molecule has 1 aromatic carbocycles. The van der Waals surface area contributed by atoms with Crippen LogP contribution in [0.1, 0.15) is 20.3 Å². The van der Waals surface area contributed by atoms with Crippen molar-refractivity contribution in [2.45, 2.75) is 25.2 Å². The second kappa shape index (κ2) is 7.05. The number of carbonyl (C=O) groups excluding carboxylic acids is 1. The molecule has 1 rings (SSSR count). The zero-order chi connectivity index (χ0) is 14.5. The Labute approximate surface area is 122 Å². The third-order valence-electron chi connectivity index (χ3n) is 2.46. The monoisotopic (exact) mass is 347 g/mol. The van der Waals surface area contributed by atoms with Crippen molar-refractivity contribution in [1.29, 1.82) is 0 Å². The number of amides is 1. The normalized spacial score (nSPS) is 11.6. The summed E-state index contributed by atoms with van der Waals surface area (Å²) in [5.41, 5.74) is 0. The Kier molecular flexibility index (Phi) is 6.00. The van der Waals surface area contributed by atoms with Crippen molar-refractivity contribution in [3.05, 3.63) is 28.7 Å². The lowest BCUT2D eigenvalue weighted by atomic mass is 10.2. The van der Waals surface area contributed by atoms with Crippen LogP contribution in [0.2, 0.25) is 0 Å². The van der Waals surface area contributed by atoms with E-state index in [1.54, 1.807) is 18.2 Å². The van der Waals surface area contributed by atoms with Crippen molar-refractivity contribution in [3.63, 3.8) is 0 Å². The van der Waals surface area contributed by atoms with Crippen LogP contribution in [0.4, 0.5) is 0 Å². The highest BCUT2D eigenvalue weighted by molar-refractivity contribution is 9.10. The van der Waals surface area contributed by atoms with Crippen molar-refractivity contribution in [2.75, 3.05) is 12.3 Å². The highest BCUT2D eigenvalue weighted by Gasteiger charge is 2.16. The predicted octanol–water partition coefficient (Wildman–Crippen LogP) is 2.39. The van der Waals surface area contributed by atoms with Gasteiger partial charge in [-0.25, -0.2) is 8.42 Å². The molecule has 0 fully saturated rings. The van der Waals surface area contributed by atoms with Gasteiger partial charge < -0.3 is 5.32 Å². The molecule has 0 radical (unpaired) electrons. The summed E-state index contributed by atoms with van der Waals surface area (Å²) < 4.78 is 24.8. The van der Waals surface area contributed by atoms with E-state index in [4.69, 9.17) is 0 Å². The first-order valence-corrected chi connectivity index (χ1v) is 8.51. The van der Waals surface area contributed by atoms with Crippen LogP contribution in [-0.2, 0) is 14.6 Å². The molecule has 0 unspecified atom stereocenters. The number of nitrogens with one attached hydrogen (secondary N) is 1. The van der Waals surface area contributed by atoms with E-state index in [-0.39, 0.29) is 23.0 Å². The summed E-state index contributed by atoms with van der Waals surface area (Å²) in [5.74, 6) is -0.0502. The molecular formula is C13H18BrNO3S. The van der Waals surface area contributed by atoms with Gasteiger partial charge in [0.15, 0.2) is 9.84 Å². The number of hydrogen-bond donors (Lipinski definition) is 1. The van der Waals surface area contributed by atoms with Crippen LogP contribution in [0.15, 0.2) is 33.6 Å². The van der Waals surface area contributed by atoms with Crippen LogP contribution in [0.5, 0.6) is 0 Å². The van der Waals surface area contributed by atoms with Crippen molar-refractivity contribution in [2.24, 2.45) is 5.92 Å². The van der Waals surface area contributed by atoms with Crippen molar-refractivity contribution >= 4 is 31.7 Å². The first kappa shape index (κ1) is 16.2. The molecule has 0 bridgehead atoms. The Balaban J connectivity index is 2.59. The smallest absolute Gasteiger partial charge is 0.221 e. The first-order valence-electron chi connectivity index (χ1n) is 6.06. The van der Waals surface area contributed by atoms with E-state index in [9.17, 15) is 13.2 Å². The fourth-order valence-electron chi connectivity index (χ4n) is 1.41. The second-order valence-corrected chi connectivity index (χ2v) is 7.75. The van der Waals surface area contributed by atoms with Crippen LogP contribution in [0.25, 0.3) is 0 Å². The van der Waals surface area contributed by atoms with Crippen LogP contribution in [0, 0.1) is 5.92 Å². The Bertz CT molecular complexity index is 541. The van der Waals surface area contributed by atoms with Crippen LogP contribution in [-0.4, -0.2) is 26.6 Å². The molecule has 0 aliphatic carbocycles. The van der Waals surface area contributed by atoms with Gasteiger partial charge in [0.1, 0.15) is 0 Å². The first-order chi connectivity index (χ1) is 8.81. The molecule has 4 nitrogen and oxygen atoms in total. The molecule has 19 heavy (non-hydrogen) atoms. The minimum Gasteiger partial charge on any atom is -0.356 e. The van der Waals surface area contributed by atoms with E-state index in [1.807, 2.05) is 13.8 Å². The minimum absolute atomic E-state index is 0.0123. The third-order valence-corrected chi connectivity index (χ3v) is 4.67. The zero-order valence-corrected chi connectivity index (χ0v) is 13.4. The average Bonchev–Trinajstić information content (AvgIpc) is 2.34. The number of benzene rings is 1. The van der Waals surface area contributed by atoms with Gasteiger partial charge in [0.05, 0.1) is 10.6 Å². The van der Waals surface area contributed by atoms with Gasteiger partial charge in [0.2, 0.25) is 5.91 Å². The van der Waals surface area contributed by atoms with Gasteiger partial charge in [0, 0.05) is 17.4 Å². The molecular weight excluding hydrogens is 330 g/mol. The molecule has 0 aliphatic heterocycles. The molecule has 0 saturated heterocycles. The quantitative estimate of drug-likeness (QED) is 0.859. The highest BCUT2D eigenvalue weighted by Crippen LogP contribution is 2.17. The zero-order valence-electron chi connectivity index (χ0n) is 11.0. The average molecular weight is 348 g/mol. The van der Waals surface area contributed by atoms with Gasteiger partial charge in [-0.05, 0) is 24.1 Å². The molecule has 1 N–H and O–H groups in total. The number of rotatable bonds is 6. The Morgan fingerprint density at radius 2 is 2.05 bits per heavy atom. The van der Waals surface area contributed by atoms with E-state index in [2.05, 4.69) is 21.2 Å². The van der Waals surface area contributed by atoms with E-state index in [1.165, 1.54) is 6.07 Å². The van der Waals surface area contributed by atoms with Crippen molar-refractivity contribution < 1.29 is 13.2 Å². The van der Waals surface area contributed by atoms with Crippen LogP contribution >= 0.6 is 15.9 Å². The van der Waals surface area contributed by atoms with Gasteiger partial charge in [-0.2, -0.15) is 0 Å². The summed E-state index contributed by atoms with van der Waals surface area (Å²) in [6.45, 7) is 4.53. The summed E-state index contributed by atoms with van der Waals surface area (Å²) in [5, 5.41) is 2.70. The van der Waals surface area contributed by atoms with E-state index < -0.39 is 9.84 Å². The predicted molar refractivity (Wildman–Crippen MR) is 78.7 cm³/mol. The second-order valence-electron chi connectivity index (χ2n) is 4.72. The van der Waals surface area contributed by atoms with Gasteiger partial charge in [-0.1, -0.05) is 35.8 Å². The summed E-state index contributed by atoms with van der Waals surface area (Å²) in [6, 6.07) is 6.50. The number of hydrogen-bond acceptors (Lipinski definition) is 3. The fourth-order valence-corrected chi connectivity index (χ4v) is 3.24. The largest absolute Gasteiger partial charge is 0.356 e. The van der Waals surface area contributed by atoms with Gasteiger partial charge >= 0.3 is 0 Å². The van der Waals surface area contributed by atoms with E-state index in [0.29, 0.717) is 16.9 Å². The number of halogens is 1. The Morgan fingerprint density at radius 3 is 2.63 bits per heavy atom. The minimum atomic E-state index is -3.41. The lowest BCUT2D eigenvalue weighted by Crippen LogP contribution is -2.28. The molecule has 0 aromatic heterocycles. The fraction of sp³-hybridized carbons (Fsp3) is 0.462. The molecule has 0 heterocycles. The Morgan fingerprint density at radius 1 is 1.37 bits per heavy atom. The molecule has 1 amide bonds. The maximum absolute atomic E-state index is 12.0. The third kappa shape index (κ3) is 5.74. The van der Waals surface area contributed by atoms with Gasteiger partial charge in [0.25, 0.3) is 0 Å². The molecule has 0 spiro atoms. The van der Waals surface area contributed by atoms with E-state index in [0.717, 1.165) is 0 Å². The molecule has 106 valence electrons. The maximum Gasteiger partial charge on any atom is 0.221 e. The number of sulfone groups is 1. The highest BCUT2D eigenvalue weighted by atomic mass is 79.9. The summed E-state index contributed by atoms with van der Waals surface area (Å²) in [4.78, 5) is 11.7. The summed E-state index contributed by atoms with van der Waals surface area (Å²) in [7, 11) is -3.41. The topological polar surface area (TPSA) is 63.2 Å². The Hall–Kier alpha value is -0.880. The van der Waals surface area contributed by atoms with Gasteiger partial charge in [-0.3, -0.25) is 4.79 Å².